The first-order valence-corrected chi connectivity index (χ1v) is 9.60. The third kappa shape index (κ3) is 4.84. The van der Waals surface area contributed by atoms with Crippen molar-refractivity contribution in [2.45, 2.75) is 20.5 Å². The van der Waals surface area contributed by atoms with Gasteiger partial charge in [0.15, 0.2) is 12.4 Å². The molecule has 2 heterocycles. The molecule has 0 radical (unpaired) electrons. The van der Waals surface area contributed by atoms with Gasteiger partial charge < -0.3 is 15.8 Å². The molecule has 0 aliphatic rings. The molecule has 0 bridgehead atoms. The second-order valence-electron chi connectivity index (χ2n) is 6.93. The smallest absolute Gasteiger partial charge is 0.338 e. The number of nitrogen functional groups attached to an aromatic ring is 1. The van der Waals surface area contributed by atoms with Gasteiger partial charge in [-0.05, 0) is 56.3 Å². The van der Waals surface area contributed by atoms with Gasteiger partial charge in [-0.1, -0.05) is 17.7 Å². The number of nitrogens with one attached hydrogen (secondary N) is 1. The van der Waals surface area contributed by atoms with E-state index in [0.29, 0.717) is 5.56 Å². The van der Waals surface area contributed by atoms with Gasteiger partial charge in [-0.2, -0.15) is 20.1 Å². The number of benzene rings is 2. The number of rotatable bonds is 6. The summed E-state index contributed by atoms with van der Waals surface area (Å²) in [7, 11) is 0. The van der Waals surface area contributed by atoms with Gasteiger partial charge in [0.2, 0.25) is 11.9 Å². The average molecular weight is 415 g/mol. The lowest BCUT2D eigenvalue weighted by Crippen LogP contribution is -2.11. The molecule has 0 amide bonds. The Balaban J connectivity index is 1.41. The summed E-state index contributed by atoms with van der Waals surface area (Å²) < 4.78 is 7.13. The van der Waals surface area contributed by atoms with Crippen molar-refractivity contribution >= 4 is 23.6 Å². The van der Waals surface area contributed by atoms with E-state index in [4.69, 9.17) is 10.5 Å². The van der Waals surface area contributed by atoms with Crippen molar-refractivity contribution < 1.29 is 9.53 Å². The van der Waals surface area contributed by atoms with Crippen LogP contribution in [0.3, 0.4) is 0 Å². The number of aryl methyl sites for hydroxylation is 2. The summed E-state index contributed by atoms with van der Waals surface area (Å²) in [6.07, 6.45) is 1.72. The number of hydrogen-bond donors (Lipinski definition) is 2. The van der Waals surface area contributed by atoms with Gasteiger partial charge >= 0.3 is 5.97 Å². The highest BCUT2D eigenvalue weighted by Crippen LogP contribution is 2.15. The van der Waals surface area contributed by atoms with Crippen LogP contribution < -0.4 is 11.1 Å². The molecule has 9 heteroatoms. The maximum atomic E-state index is 12.4. The highest BCUT2D eigenvalue weighted by Gasteiger charge is 2.11. The molecule has 0 aliphatic heterocycles. The largest absolute Gasteiger partial charge is 0.454 e. The SMILES string of the molecule is Cc1ccc(Nc2nc(N)nc(COC(=O)c3ccc(-n4nccc4C)cc3)n2)cc1. The Morgan fingerprint density at radius 2 is 1.74 bits per heavy atom. The van der Waals surface area contributed by atoms with Crippen LogP contribution in [-0.4, -0.2) is 30.7 Å². The van der Waals surface area contributed by atoms with Gasteiger partial charge in [0, 0.05) is 17.6 Å². The lowest BCUT2D eigenvalue weighted by atomic mass is 10.2. The van der Waals surface area contributed by atoms with E-state index >= 15 is 0 Å². The zero-order chi connectivity index (χ0) is 21.8. The van der Waals surface area contributed by atoms with E-state index in [0.717, 1.165) is 22.6 Å². The Hall–Kier alpha value is -4.27. The number of esters is 1. The molecule has 0 atom stereocenters. The first kappa shape index (κ1) is 20.0. The van der Waals surface area contributed by atoms with E-state index in [2.05, 4.69) is 25.4 Å². The fourth-order valence-electron chi connectivity index (χ4n) is 2.92. The number of carbonyl (C=O) groups is 1. The number of hydrogen-bond acceptors (Lipinski definition) is 8. The number of aromatic nitrogens is 5. The summed E-state index contributed by atoms with van der Waals surface area (Å²) in [5.41, 5.74) is 10.00. The van der Waals surface area contributed by atoms with E-state index in [1.54, 1.807) is 35.1 Å². The minimum atomic E-state index is -0.490. The highest BCUT2D eigenvalue weighted by molar-refractivity contribution is 5.89. The van der Waals surface area contributed by atoms with Crippen molar-refractivity contribution in [3.63, 3.8) is 0 Å². The molecule has 156 valence electrons. The first-order valence-electron chi connectivity index (χ1n) is 9.60. The molecule has 0 unspecified atom stereocenters. The van der Waals surface area contributed by atoms with Gasteiger partial charge in [-0.3, -0.25) is 0 Å². The van der Waals surface area contributed by atoms with Crippen molar-refractivity contribution in [1.29, 1.82) is 0 Å². The summed E-state index contributed by atoms with van der Waals surface area (Å²) in [6.45, 7) is 3.83. The zero-order valence-electron chi connectivity index (χ0n) is 17.1. The predicted molar refractivity (Wildman–Crippen MR) is 116 cm³/mol. The van der Waals surface area contributed by atoms with Crippen molar-refractivity contribution in [2.24, 2.45) is 0 Å². The Labute approximate surface area is 178 Å². The Bertz CT molecular complexity index is 1200. The van der Waals surface area contributed by atoms with Crippen LogP contribution in [0.1, 0.15) is 27.4 Å². The molecule has 9 nitrogen and oxygen atoms in total. The second kappa shape index (κ2) is 8.62. The van der Waals surface area contributed by atoms with E-state index in [9.17, 15) is 4.79 Å². The van der Waals surface area contributed by atoms with Gasteiger partial charge in [0.1, 0.15) is 0 Å². The van der Waals surface area contributed by atoms with E-state index < -0.39 is 5.97 Å². The normalized spacial score (nSPS) is 10.6. The minimum Gasteiger partial charge on any atom is -0.454 e. The second-order valence-corrected chi connectivity index (χ2v) is 6.93. The molecule has 31 heavy (non-hydrogen) atoms. The molecule has 0 saturated heterocycles. The van der Waals surface area contributed by atoms with Gasteiger partial charge in [0.25, 0.3) is 0 Å². The molecule has 0 aliphatic carbocycles. The Kier molecular flexibility index (Phi) is 5.57. The molecular weight excluding hydrogens is 394 g/mol. The van der Waals surface area contributed by atoms with E-state index in [1.807, 2.05) is 44.2 Å². The number of ether oxygens (including phenoxy) is 1. The maximum absolute atomic E-state index is 12.4. The van der Waals surface area contributed by atoms with Crippen LogP contribution in [0.2, 0.25) is 0 Å². The molecule has 0 fully saturated rings. The van der Waals surface area contributed by atoms with Crippen LogP contribution in [0.15, 0.2) is 60.8 Å². The quantitative estimate of drug-likeness (QED) is 0.460. The topological polar surface area (TPSA) is 121 Å². The third-order valence-electron chi connectivity index (χ3n) is 4.52. The predicted octanol–water partition coefficient (Wildman–Crippen LogP) is 3.36. The molecular formula is C22H21N7O2. The van der Waals surface area contributed by atoms with Crippen molar-refractivity contribution in [2.75, 3.05) is 11.1 Å². The van der Waals surface area contributed by atoms with Crippen LogP contribution in [-0.2, 0) is 11.3 Å². The van der Waals surface area contributed by atoms with Crippen LogP contribution in [0.5, 0.6) is 0 Å². The summed E-state index contributed by atoms with van der Waals surface area (Å²) >= 11 is 0. The molecule has 2 aromatic carbocycles. The fourth-order valence-corrected chi connectivity index (χ4v) is 2.92. The van der Waals surface area contributed by atoms with Crippen molar-refractivity contribution in [1.82, 2.24) is 24.7 Å². The monoisotopic (exact) mass is 415 g/mol. The summed E-state index contributed by atoms with van der Waals surface area (Å²) in [4.78, 5) is 24.8. The van der Waals surface area contributed by atoms with Gasteiger partial charge in [-0.15, -0.1) is 0 Å². The summed E-state index contributed by atoms with van der Waals surface area (Å²) in [5.74, 6) is 0.0750. The lowest BCUT2D eigenvalue weighted by Gasteiger charge is -2.09. The van der Waals surface area contributed by atoms with E-state index in [-0.39, 0.29) is 24.3 Å². The van der Waals surface area contributed by atoms with Gasteiger partial charge in [0.05, 0.1) is 11.3 Å². The van der Waals surface area contributed by atoms with Gasteiger partial charge in [-0.25, -0.2) is 9.48 Å². The number of anilines is 3. The minimum absolute atomic E-state index is 0.0367. The molecule has 0 saturated carbocycles. The molecule has 2 aromatic heterocycles. The van der Waals surface area contributed by atoms with Crippen molar-refractivity contribution in [3.05, 3.63) is 83.4 Å². The highest BCUT2D eigenvalue weighted by atomic mass is 16.5. The van der Waals surface area contributed by atoms with Crippen molar-refractivity contribution in [3.8, 4) is 5.69 Å². The molecule has 0 spiro atoms. The summed E-state index contributed by atoms with van der Waals surface area (Å²) in [5, 5.41) is 7.31. The Morgan fingerprint density at radius 3 is 2.42 bits per heavy atom. The lowest BCUT2D eigenvalue weighted by molar-refractivity contribution is 0.0462. The number of nitrogens with two attached hydrogens (primary N) is 1. The molecule has 3 N–H and O–H groups in total. The van der Waals surface area contributed by atoms with Crippen LogP contribution in [0.4, 0.5) is 17.6 Å². The fraction of sp³-hybridized carbons (Fsp3) is 0.136. The maximum Gasteiger partial charge on any atom is 0.338 e. The zero-order valence-corrected chi connectivity index (χ0v) is 17.1. The summed E-state index contributed by atoms with van der Waals surface area (Å²) in [6, 6.07) is 16.6. The van der Waals surface area contributed by atoms with E-state index in [1.165, 1.54) is 0 Å². The van der Waals surface area contributed by atoms with Crippen LogP contribution in [0.25, 0.3) is 5.69 Å². The van der Waals surface area contributed by atoms with Crippen LogP contribution in [0, 0.1) is 13.8 Å². The standard InChI is InChI=1S/C22H21N7O2/c1-14-3-7-17(8-4-14)25-22-27-19(26-21(23)28-22)13-31-20(30)16-5-9-18(10-6-16)29-15(2)11-12-24-29/h3-12H,13H2,1-2H3,(H3,23,25,26,27,28). The Morgan fingerprint density at radius 1 is 1.00 bits per heavy atom. The first-order chi connectivity index (χ1) is 15.0. The molecule has 4 rings (SSSR count). The number of nitrogens with zero attached hydrogens (tertiary/aromatic N) is 5. The molecule has 4 aromatic rings. The number of carbonyl (C=O) groups excluding carboxylic acids is 1. The van der Waals surface area contributed by atoms with Crippen LogP contribution >= 0.6 is 0 Å². The third-order valence-corrected chi connectivity index (χ3v) is 4.52. The average Bonchev–Trinajstić information content (AvgIpc) is 3.19.